The second-order valence-corrected chi connectivity index (χ2v) is 32.2. The first kappa shape index (κ1) is 79.7. The molecule has 0 atom stereocenters. The first-order valence-corrected chi connectivity index (χ1v) is 43.1. The van der Waals surface area contributed by atoms with Gasteiger partial charge in [-0.1, -0.05) is 364 Å². The minimum atomic E-state index is 0.637. The Bertz CT molecular complexity index is 6380. The Morgan fingerprint density at radius 3 is 0.341 bits per heavy atom. The molecule has 0 N–H and O–H groups in total. The number of benzene rings is 18. The molecule has 6 heteroatoms. The van der Waals surface area contributed by atoms with Crippen molar-refractivity contribution in [1.29, 1.82) is 0 Å². The second kappa shape index (κ2) is 38.4. The first-order valence-electron chi connectivity index (χ1n) is 43.1. The van der Waals surface area contributed by atoms with E-state index in [0.29, 0.717) is 39.3 Å². The Labute approximate surface area is 738 Å². The van der Waals surface area contributed by atoms with Crippen LogP contribution in [-0.4, -0.2) is 37.3 Å². The zero-order chi connectivity index (χ0) is 84.4. The predicted molar refractivity (Wildman–Crippen MR) is 532 cm³/mol. The van der Waals surface area contributed by atoms with E-state index in [0.717, 1.165) is 33.4 Å². The zero-order valence-electron chi connectivity index (χ0n) is 70.0. The van der Waals surface area contributed by atoms with E-state index < -0.39 is 0 Å². The summed E-state index contributed by atoms with van der Waals surface area (Å²) in [5, 5.41) is 0. The quantitative estimate of drug-likeness (QED) is 0.145. The molecule has 36 bridgehead atoms. The summed E-state index contributed by atoms with van der Waals surface area (Å²) in [5.74, 6) is 0. The molecule has 0 radical (unpaired) electrons. The summed E-state index contributed by atoms with van der Waals surface area (Å²) in [6, 6.07) is 156. The summed E-state index contributed by atoms with van der Waals surface area (Å²) in [5.41, 5.74) is 42.4. The van der Waals surface area contributed by atoms with Gasteiger partial charge in [0, 0.05) is 37.3 Å². The first-order chi connectivity index (χ1) is 62.3. The molecule has 0 amide bonds. The third-order valence-corrected chi connectivity index (χ3v) is 23.3. The van der Waals surface area contributed by atoms with Crippen LogP contribution in [0.1, 0.15) is 66.8 Å². The Balaban J connectivity index is 0.000000123. The number of nitrogens with zero attached hydrogens (tertiary/aromatic N) is 6. The lowest BCUT2D eigenvalue weighted by molar-refractivity contribution is 1.08. The summed E-state index contributed by atoms with van der Waals surface area (Å²) < 4.78 is 0. The number of aliphatic imine (C=N–C) groups is 6. The summed E-state index contributed by atoms with van der Waals surface area (Å²) in [4.78, 5) is 28.7. The molecule has 0 saturated heterocycles. The van der Waals surface area contributed by atoms with Crippen LogP contribution in [0.4, 0.5) is 0 Å². The fourth-order valence-corrected chi connectivity index (χ4v) is 16.6. The van der Waals surface area contributed by atoms with Crippen molar-refractivity contribution in [1.82, 2.24) is 0 Å². The molecule has 12 aliphatic heterocycles. The van der Waals surface area contributed by atoms with Crippen LogP contribution < -0.4 is 0 Å². The van der Waals surface area contributed by atoms with Gasteiger partial charge < -0.3 is 0 Å². The Morgan fingerprint density at radius 2 is 0.214 bits per heavy atom. The van der Waals surface area contributed by atoms with Crippen molar-refractivity contribution in [2.45, 2.75) is 39.3 Å². The topological polar surface area (TPSA) is 74.2 Å². The smallest absolute Gasteiger partial charge is 0.0640 e. The lowest BCUT2D eigenvalue weighted by Crippen LogP contribution is -1.89. The Kier molecular flexibility index (Phi) is 24.3. The molecule has 0 aromatic heterocycles. The van der Waals surface area contributed by atoms with E-state index >= 15 is 0 Å². The molecule has 0 spiro atoms. The number of hydrogen-bond acceptors (Lipinski definition) is 6. The van der Waals surface area contributed by atoms with Crippen LogP contribution in [0, 0.1) is 0 Å². The van der Waals surface area contributed by atoms with Gasteiger partial charge in [0.1, 0.15) is 0 Å². The van der Waals surface area contributed by atoms with Crippen LogP contribution in [0.25, 0.3) is 134 Å². The molecule has 30 rings (SSSR count). The van der Waals surface area contributed by atoms with Crippen molar-refractivity contribution in [3.63, 3.8) is 0 Å². The van der Waals surface area contributed by atoms with E-state index in [1.54, 1.807) is 0 Å². The van der Waals surface area contributed by atoms with Crippen molar-refractivity contribution in [3.8, 4) is 134 Å². The van der Waals surface area contributed by atoms with Gasteiger partial charge in [0.05, 0.1) is 39.3 Å². The minimum Gasteiger partial charge on any atom is -0.288 e. The van der Waals surface area contributed by atoms with Gasteiger partial charge in [0.2, 0.25) is 0 Å². The maximum atomic E-state index is 4.78. The normalized spacial score (nSPS) is 12.4. The van der Waals surface area contributed by atoms with Gasteiger partial charge >= 0.3 is 0 Å². The van der Waals surface area contributed by atoms with E-state index in [2.05, 4.69) is 437 Å². The van der Waals surface area contributed by atoms with Crippen molar-refractivity contribution in [2.75, 3.05) is 0 Å². The molecule has 12 aliphatic rings. The van der Waals surface area contributed by atoms with E-state index in [1.807, 2.05) is 37.3 Å². The lowest BCUT2D eigenvalue weighted by Gasteiger charge is -2.08. The summed E-state index contributed by atoms with van der Waals surface area (Å²) in [6.07, 6.45) is 11.9. The maximum absolute atomic E-state index is 4.78. The second-order valence-electron chi connectivity index (χ2n) is 32.2. The fourth-order valence-electron chi connectivity index (χ4n) is 16.6. The molecule has 600 valence electrons. The molecule has 0 fully saturated rings. The fraction of sp³-hybridized carbons (Fsp3) is 0.0500. The van der Waals surface area contributed by atoms with E-state index in [9.17, 15) is 0 Å². The third-order valence-electron chi connectivity index (χ3n) is 23.3. The highest BCUT2D eigenvalue weighted by atomic mass is 14.7. The van der Waals surface area contributed by atoms with Gasteiger partial charge in [-0.2, -0.15) is 0 Å². The Hall–Kier alpha value is -16.0. The molecule has 12 heterocycles. The lowest BCUT2D eigenvalue weighted by atomic mass is 9.98. The SMILES string of the molecule is C1=NCc2cccc(c2)-c2ccc(cc2)-c2cccc(c2)C=NCc2cccc(c2)-c2ccc(cc2)-c2cccc1c2.C1=NCc2cccc(c2)-c2ccc(cc2)-c2cccc(c2)CN=Cc2cccc(c2)-c2ccc(cc2)-c2cccc1c2.C1=NCc2cccc(c2)-c2ccc(cc2)-c2cccc(c2)CN=Cc2cccc(c2)-c2ccc(cc2)-c2cccc1c2. The molecule has 0 saturated carbocycles. The van der Waals surface area contributed by atoms with Crippen LogP contribution in [-0.2, 0) is 39.3 Å². The van der Waals surface area contributed by atoms with Crippen LogP contribution in [0.2, 0.25) is 0 Å². The van der Waals surface area contributed by atoms with Crippen LogP contribution in [0.5, 0.6) is 0 Å². The van der Waals surface area contributed by atoms with Crippen molar-refractivity contribution in [2.24, 2.45) is 30.0 Å². The third kappa shape index (κ3) is 20.1. The highest BCUT2D eigenvalue weighted by Crippen LogP contribution is 2.35. The molecule has 6 nitrogen and oxygen atoms in total. The molecular formula is C120H90N6. The average Bonchev–Trinajstić information content (AvgIpc) is 0.843. The van der Waals surface area contributed by atoms with Gasteiger partial charge in [-0.05, 0) is 273 Å². The van der Waals surface area contributed by atoms with Gasteiger partial charge in [-0.3, -0.25) is 30.0 Å². The van der Waals surface area contributed by atoms with E-state index in [4.69, 9.17) is 30.0 Å². The zero-order valence-corrected chi connectivity index (χ0v) is 70.0. The van der Waals surface area contributed by atoms with Crippen molar-refractivity contribution >= 4 is 37.3 Å². The monoisotopic (exact) mass is 1610 g/mol. The molecule has 0 unspecified atom stereocenters. The number of hydrogen-bond donors (Lipinski definition) is 0. The largest absolute Gasteiger partial charge is 0.288 e. The van der Waals surface area contributed by atoms with Gasteiger partial charge in [0.25, 0.3) is 0 Å². The van der Waals surface area contributed by atoms with Crippen LogP contribution >= 0.6 is 0 Å². The van der Waals surface area contributed by atoms with E-state index in [1.165, 1.54) is 167 Å². The summed E-state index contributed by atoms with van der Waals surface area (Å²) in [7, 11) is 0. The van der Waals surface area contributed by atoms with Crippen LogP contribution in [0.3, 0.4) is 0 Å². The van der Waals surface area contributed by atoms with Gasteiger partial charge in [-0.15, -0.1) is 0 Å². The predicted octanol–water partition coefficient (Wildman–Crippen LogP) is 29.7. The molecule has 126 heavy (non-hydrogen) atoms. The minimum absolute atomic E-state index is 0.637. The van der Waals surface area contributed by atoms with E-state index in [-0.39, 0.29) is 0 Å². The van der Waals surface area contributed by atoms with Gasteiger partial charge in [-0.25, -0.2) is 0 Å². The summed E-state index contributed by atoms with van der Waals surface area (Å²) in [6.45, 7) is 3.83. The van der Waals surface area contributed by atoms with Crippen LogP contribution in [0.15, 0.2) is 467 Å². The average molecular weight is 1620 g/mol. The molecule has 0 aliphatic carbocycles. The highest BCUT2D eigenvalue weighted by molar-refractivity contribution is 5.89. The summed E-state index contributed by atoms with van der Waals surface area (Å²) >= 11 is 0. The standard InChI is InChI=1S/3C40H30N2/c3*1-5-29-21-37(9-1)33-13-15-34(16-14-33)38-10-3-7-31(23-38)27-42-28-32-8-4-12-40(24-32)36-19-17-35(18-20-36)39-11-2-6-30(22-39)26-41-25-29/h1-25,28H,26-27H2;2*1-25,27H,26,28H2. The maximum Gasteiger partial charge on any atom is 0.0640 e. The van der Waals surface area contributed by atoms with Crippen molar-refractivity contribution in [3.05, 3.63) is 504 Å². The Morgan fingerprint density at radius 1 is 0.103 bits per heavy atom. The molecule has 18 aromatic rings. The van der Waals surface area contributed by atoms with Gasteiger partial charge in [0.15, 0.2) is 0 Å². The molecule has 18 aromatic carbocycles. The number of rotatable bonds is 0. The molecular weight excluding hydrogens is 1530 g/mol. The highest BCUT2D eigenvalue weighted by Gasteiger charge is 2.13. The van der Waals surface area contributed by atoms with Crippen molar-refractivity contribution < 1.29 is 0 Å².